The Morgan fingerprint density at radius 2 is 0.473 bits per heavy atom. The van der Waals surface area contributed by atoms with Gasteiger partial charge in [0.05, 0.1) is 16.7 Å². The summed E-state index contributed by atoms with van der Waals surface area (Å²) in [5.41, 5.74) is 15.0. The normalized spacial score (nSPS) is 11.1. The molecular weight excluding hydrogens is 1350 g/mol. The lowest BCUT2D eigenvalue weighted by Gasteiger charge is -2.21. The van der Waals surface area contributed by atoms with Crippen molar-refractivity contribution in [2.24, 2.45) is 0 Å². The van der Waals surface area contributed by atoms with Crippen molar-refractivity contribution in [3.8, 4) is 188 Å². The molecule has 0 radical (unpaired) electrons. The topological polar surface area (TPSA) is 226 Å². The Morgan fingerprint density at radius 1 is 0.182 bits per heavy atom. The lowest BCUT2D eigenvalue weighted by molar-refractivity contribution is 1.07. The minimum absolute atomic E-state index is 0.348. The predicted molar refractivity (Wildman–Crippen MR) is 431 cm³/mol. The average molecular weight is 1410 g/mol. The molecule has 4 heterocycles. The van der Waals surface area contributed by atoms with Crippen LogP contribution < -0.4 is 0 Å². The minimum Gasteiger partial charge on any atom is -0.217 e. The number of hydrogen-bond donors (Lipinski definition) is 0. The molecule has 0 aliphatic carbocycles. The standard InChI is InChI=1S/C95H55N15/c96-55-79-71-38-17-16-35-69(71)54-78(95-108-87(63-29-10-3-11-30-63)104-88(109-95)64-31-12-4-13-32-64)82(79)60-47-51-67(52-48-60)91-103-86(62-27-8-2-9-28-62)102-90(105-91)66-49-45-59(46-50-66)68-36-24-37-70(53-68)92-106-89(65-33-14-5-15-34-65)107-94(110-92)77-44-23-21-42-75(77)84-81(57-98)73-40-19-18-39-72(73)80(56-97)83(84)74-41-20-22-43-76(74)93-100-58-99-85(101-93)61-25-6-1-7-26-61/h1-54,58H. The van der Waals surface area contributed by atoms with Gasteiger partial charge in [0.25, 0.3) is 0 Å². The van der Waals surface area contributed by atoms with Crippen LogP contribution in [-0.4, -0.2) is 59.8 Å². The van der Waals surface area contributed by atoms with Gasteiger partial charge in [-0.2, -0.15) is 15.8 Å². The monoisotopic (exact) mass is 1410 g/mol. The number of nitrogens with zero attached hydrogens (tertiary/aromatic N) is 15. The zero-order valence-corrected chi connectivity index (χ0v) is 58.5. The number of benzene rings is 14. The first-order chi connectivity index (χ1) is 54.4. The quantitative estimate of drug-likeness (QED) is 0.0930. The largest absolute Gasteiger partial charge is 0.217 e. The number of fused-ring (bicyclic) bond motifs is 2. The van der Waals surface area contributed by atoms with Crippen LogP contribution in [0.1, 0.15) is 16.7 Å². The van der Waals surface area contributed by atoms with E-state index < -0.39 is 0 Å². The third-order valence-corrected chi connectivity index (χ3v) is 19.4. The molecule has 14 aromatic carbocycles. The Labute approximate surface area is 632 Å². The highest BCUT2D eigenvalue weighted by atomic mass is 15.1. The van der Waals surface area contributed by atoms with Gasteiger partial charge < -0.3 is 0 Å². The highest BCUT2D eigenvalue weighted by Crippen LogP contribution is 2.48. The van der Waals surface area contributed by atoms with E-state index >= 15 is 0 Å². The van der Waals surface area contributed by atoms with Gasteiger partial charge in [0, 0.05) is 94.0 Å². The molecule has 0 spiro atoms. The Hall–Kier alpha value is -15.9. The second-order valence-corrected chi connectivity index (χ2v) is 26.0. The fraction of sp³-hybridized carbons (Fsp3) is 0. The molecule has 110 heavy (non-hydrogen) atoms. The molecule has 15 heteroatoms. The van der Waals surface area contributed by atoms with Crippen LogP contribution >= 0.6 is 0 Å². The zero-order chi connectivity index (χ0) is 73.9. The van der Waals surface area contributed by atoms with E-state index in [1.165, 1.54) is 6.33 Å². The summed E-state index contributed by atoms with van der Waals surface area (Å²) in [4.78, 5) is 60.7. The Balaban J connectivity index is 0.715. The van der Waals surface area contributed by atoms with Crippen molar-refractivity contribution < 1.29 is 0 Å². The molecule has 0 saturated heterocycles. The van der Waals surface area contributed by atoms with E-state index in [0.29, 0.717) is 136 Å². The molecule has 0 aliphatic heterocycles. The van der Waals surface area contributed by atoms with Gasteiger partial charge in [0.1, 0.15) is 24.5 Å². The van der Waals surface area contributed by atoms with E-state index in [4.69, 9.17) is 54.8 Å². The Kier molecular flexibility index (Phi) is 17.4. The predicted octanol–water partition coefficient (Wildman–Crippen LogP) is 21.4. The summed E-state index contributed by atoms with van der Waals surface area (Å²) in [6.45, 7) is 0. The summed E-state index contributed by atoms with van der Waals surface area (Å²) < 4.78 is 0. The van der Waals surface area contributed by atoms with Gasteiger partial charge in [-0.15, -0.1) is 0 Å². The maximum atomic E-state index is 11.5. The van der Waals surface area contributed by atoms with Crippen molar-refractivity contribution in [1.82, 2.24) is 59.8 Å². The fourth-order valence-corrected chi connectivity index (χ4v) is 14.2. The number of hydrogen-bond acceptors (Lipinski definition) is 15. The molecule has 18 rings (SSSR count). The molecule has 0 N–H and O–H groups in total. The first-order valence-corrected chi connectivity index (χ1v) is 35.5. The second kappa shape index (κ2) is 29.0. The summed E-state index contributed by atoms with van der Waals surface area (Å²) in [5, 5.41) is 37.1. The van der Waals surface area contributed by atoms with E-state index in [1.807, 2.05) is 297 Å². The maximum absolute atomic E-state index is 11.5. The van der Waals surface area contributed by atoms with Crippen molar-refractivity contribution in [2.45, 2.75) is 0 Å². The lowest BCUT2D eigenvalue weighted by atomic mass is 9.81. The van der Waals surface area contributed by atoms with Crippen LogP contribution in [0.25, 0.3) is 191 Å². The molecule has 15 nitrogen and oxygen atoms in total. The molecule has 0 atom stereocenters. The van der Waals surface area contributed by atoms with Crippen LogP contribution in [-0.2, 0) is 0 Å². The zero-order valence-electron chi connectivity index (χ0n) is 58.5. The van der Waals surface area contributed by atoms with E-state index in [-0.39, 0.29) is 0 Å². The van der Waals surface area contributed by atoms with Crippen molar-refractivity contribution in [1.29, 1.82) is 15.8 Å². The second-order valence-electron chi connectivity index (χ2n) is 26.0. The molecule has 0 fully saturated rings. The molecule has 0 unspecified atom stereocenters. The first-order valence-electron chi connectivity index (χ1n) is 35.5. The summed E-state index contributed by atoms with van der Waals surface area (Å²) in [5.74, 6) is 4.94. The average Bonchev–Trinajstić information content (AvgIpc) is 0.730. The van der Waals surface area contributed by atoms with Gasteiger partial charge in [0.2, 0.25) is 0 Å². The van der Waals surface area contributed by atoms with Gasteiger partial charge >= 0.3 is 0 Å². The van der Waals surface area contributed by atoms with Gasteiger partial charge in [-0.05, 0) is 45.3 Å². The van der Waals surface area contributed by atoms with E-state index in [2.05, 4.69) is 53.5 Å². The van der Waals surface area contributed by atoms with Gasteiger partial charge in [-0.3, -0.25) is 0 Å². The Bertz CT molecular complexity index is 6670. The molecule has 0 bridgehead atoms. The summed E-state index contributed by atoms with van der Waals surface area (Å²) in [6.07, 6.45) is 1.50. The summed E-state index contributed by atoms with van der Waals surface area (Å²) >= 11 is 0. The molecule has 0 saturated carbocycles. The van der Waals surface area contributed by atoms with E-state index in [9.17, 15) is 15.8 Å². The maximum Gasteiger partial charge on any atom is 0.164 e. The molecule has 18 aromatic rings. The number of nitriles is 3. The summed E-state index contributed by atoms with van der Waals surface area (Å²) in [6, 6.07) is 114. The lowest BCUT2D eigenvalue weighted by Crippen LogP contribution is -2.03. The van der Waals surface area contributed by atoms with Crippen LogP contribution in [0.3, 0.4) is 0 Å². The molecule has 0 aliphatic rings. The molecule has 0 amide bonds. The third kappa shape index (κ3) is 12.6. The van der Waals surface area contributed by atoms with Crippen LogP contribution in [0.15, 0.2) is 334 Å². The van der Waals surface area contributed by atoms with Crippen molar-refractivity contribution in [3.63, 3.8) is 0 Å². The third-order valence-electron chi connectivity index (χ3n) is 19.4. The SMILES string of the molecule is N#Cc1c(-c2ccc(-c3nc(-c4ccccc4)nc(-c4ccc(-c5cccc(-c6nc(-c7ccccc7)nc(-c7ccccc7-c7c(-c8ccccc8-c8ncnc(-c9ccccc9)n8)c(C#N)c8ccccc8c7C#N)n6)c5)cc4)n3)cc2)c(-c2nc(-c3ccccc3)nc(-c3ccccc3)n2)cc2ccccc12. The summed E-state index contributed by atoms with van der Waals surface area (Å²) in [7, 11) is 0. The van der Waals surface area contributed by atoms with E-state index in [1.54, 1.807) is 0 Å². The van der Waals surface area contributed by atoms with Crippen molar-refractivity contribution in [3.05, 3.63) is 351 Å². The number of rotatable bonds is 15. The number of aromatic nitrogens is 12. The molecule has 4 aromatic heterocycles. The van der Waals surface area contributed by atoms with Crippen LogP contribution in [0.4, 0.5) is 0 Å². The molecule has 510 valence electrons. The fourth-order valence-electron chi connectivity index (χ4n) is 14.2. The van der Waals surface area contributed by atoms with Gasteiger partial charge in [-0.25, -0.2) is 59.8 Å². The van der Waals surface area contributed by atoms with Gasteiger partial charge in [-0.1, -0.05) is 315 Å². The first kappa shape index (κ1) is 66.1. The van der Waals surface area contributed by atoms with E-state index in [0.717, 1.165) is 72.0 Å². The Morgan fingerprint density at radius 3 is 0.918 bits per heavy atom. The van der Waals surface area contributed by atoms with Crippen molar-refractivity contribution in [2.75, 3.05) is 0 Å². The minimum atomic E-state index is 0.348. The van der Waals surface area contributed by atoms with Crippen LogP contribution in [0.5, 0.6) is 0 Å². The highest BCUT2D eigenvalue weighted by Gasteiger charge is 2.29. The molecular formula is C95H55N15. The van der Waals surface area contributed by atoms with Crippen LogP contribution in [0.2, 0.25) is 0 Å². The van der Waals surface area contributed by atoms with Crippen LogP contribution in [0, 0.1) is 34.0 Å². The van der Waals surface area contributed by atoms with Crippen molar-refractivity contribution >= 4 is 21.5 Å². The highest BCUT2D eigenvalue weighted by molar-refractivity contribution is 6.10. The van der Waals surface area contributed by atoms with Gasteiger partial charge in [0.15, 0.2) is 64.1 Å². The smallest absolute Gasteiger partial charge is 0.164 e.